The fraction of sp³-hybridized carbons (Fsp3) is 0.0714. The molecular formula is C28H18N3+. The number of fused-ring (bicyclic) bond motifs is 4. The van der Waals surface area contributed by atoms with Crippen LogP contribution in [-0.4, -0.2) is 4.57 Å². The molecule has 0 unspecified atom stereocenters. The van der Waals surface area contributed by atoms with E-state index in [-0.39, 0.29) is 0 Å². The third-order valence-corrected chi connectivity index (χ3v) is 6.75. The Morgan fingerprint density at radius 3 is 2.16 bits per heavy atom. The highest BCUT2D eigenvalue weighted by molar-refractivity contribution is 6.03. The molecule has 0 saturated heterocycles. The fourth-order valence-corrected chi connectivity index (χ4v) is 5.41. The van der Waals surface area contributed by atoms with Crippen LogP contribution in [0, 0.1) is 11.3 Å². The average Bonchev–Trinajstić information content (AvgIpc) is 3.15. The van der Waals surface area contributed by atoms with E-state index in [1.165, 1.54) is 50.2 Å². The van der Waals surface area contributed by atoms with E-state index >= 15 is 0 Å². The predicted octanol–water partition coefficient (Wildman–Crippen LogP) is 5.52. The van der Waals surface area contributed by atoms with Gasteiger partial charge in [-0.05, 0) is 47.5 Å². The van der Waals surface area contributed by atoms with Gasteiger partial charge >= 0.3 is 0 Å². The van der Waals surface area contributed by atoms with Crippen LogP contribution in [0.5, 0.6) is 0 Å². The lowest BCUT2D eigenvalue weighted by molar-refractivity contribution is -0.652. The van der Waals surface area contributed by atoms with Gasteiger partial charge in [0.05, 0.1) is 17.2 Å². The minimum atomic E-state index is 0.689. The van der Waals surface area contributed by atoms with Gasteiger partial charge in [0, 0.05) is 22.3 Å². The van der Waals surface area contributed by atoms with Crippen LogP contribution in [0.1, 0.15) is 16.7 Å². The second kappa shape index (κ2) is 5.93. The minimum Gasteiger partial charge on any atom is -0.218 e. The molecule has 144 valence electrons. The molecule has 0 aliphatic carbocycles. The zero-order chi connectivity index (χ0) is 20.5. The normalized spacial score (nSPS) is 12.9. The molecule has 4 aromatic carbocycles. The molecule has 7 rings (SSSR count). The molecule has 0 saturated carbocycles. The Hall–Kier alpha value is -4.16. The molecule has 0 amide bonds. The van der Waals surface area contributed by atoms with Crippen LogP contribution in [0.25, 0.3) is 44.7 Å². The number of hydrogen-bond acceptors (Lipinski definition) is 1. The lowest BCUT2D eigenvalue weighted by Crippen LogP contribution is -2.38. The summed E-state index contributed by atoms with van der Waals surface area (Å²) in [5.74, 6) is 1.21. The average molecular weight is 396 g/mol. The first-order chi connectivity index (χ1) is 15.3. The number of hydrogen-bond donors (Lipinski definition) is 0. The zero-order valence-electron chi connectivity index (χ0n) is 16.8. The maximum Gasteiger partial charge on any atom is 0.290 e. The quantitative estimate of drug-likeness (QED) is 0.336. The van der Waals surface area contributed by atoms with Gasteiger partial charge in [-0.2, -0.15) is 5.26 Å². The first-order valence-corrected chi connectivity index (χ1v) is 10.6. The molecule has 0 atom stereocenters. The Balaban J connectivity index is 1.63. The summed E-state index contributed by atoms with van der Waals surface area (Å²) >= 11 is 0. The van der Waals surface area contributed by atoms with E-state index < -0.39 is 0 Å². The Morgan fingerprint density at radius 2 is 1.39 bits per heavy atom. The van der Waals surface area contributed by atoms with E-state index in [1.807, 2.05) is 12.1 Å². The fourth-order valence-electron chi connectivity index (χ4n) is 5.41. The molecular weight excluding hydrogens is 378 g/mol. The van der Waals surface area contributed by atoms with Crippen LogP contribution in [-0.2, 0) is 13.1 Å². The highest BCUT2D eigenvalue weighted by Gasteiger charge is 2.37. The van der Waals surface area contributed by atoms with Crippen molar-refractivity contribution in [1.29, 1.82) is 5.26 Å². The molecule has 0 fully saturated rings. The Kier molecular flexibility index (Phi) is 3.18. The third kappa shape index (κ3) is 2.14. The lowest BCUT2D eigenvalue weighted by Gasteiger charge is -2.17. The summed E-state index contributed by atoms with van der Waals surface area (Å²) in [6, 6.07) is 32.3. The lowest BCUT2D eigenvalue weighted by atomic mass is 9.90. The van der Waals surface area contributed by atoms with Gasteiger partial charge in [0.2, 0.25) is 0 Å². The number of nitriles is 1. The van der Waals surface area contributed by atoms with Crippen LogP contribution in [0.15, 0.2) is 84.9 Å². The van der Waals surface area contributed by atoms with Crippen LogP contribution < -0.4 is 4.57 Å². The van der Waals surface area contributed by atoms with Gasteiger partial charge in [0.15, 0.2) is 11.0 Å². The number of benzene rings is 4. The van der Waals surface area contributed by atoms with Crippen molar-refractivity contribution in [2.24, 2.45) is 0 Å². The molecule has 0 radical (unpaired) electrons. The molecule has 5 aromatic rings. The minimum absolute atomic E-state index is 0.689. The highest BCUT2D eigenvalue weighted by Crippen LogP contribution is 2.44. The molecule has 0 spiro atoms. The molecule has 2 aliphatic rings. The molecule has 3 heterocycles. The van der Waals surface area contributed by atoms with E-state index in [0.29, 0.717) is 5.56 Å². The van der Waals surface area contributed by atoms with E-state index in [2.05, 4.69) is 88.0 Å². The summed E-state index contributed by atoms with van der Waals surface area (Å²) in [4.78, 5) is 0. The highest BCUT2D eigenvalue weighted by atomic mass is 15.2. The van der Waals surface area contributed by atoms with Crippen LogP contribution in [0.3, 0.4) is 0 Å². The van der Waals surface area contributed by atoms with Gasteiger partial charge in [-0.15, -0.1) is 0 Å². The molecule has 0 bridgehead atoms. The van der Waals surface area contributed by atoms with Gasteiger partial charge in [-0.1, -0.05) is 48.5 Å². The SMILES string of the molecule is N#Cc1ccc(-c2n3c4c(ccc5c4[n+]2Cc2ccccc2-5)-c2ccccc2C3)cc1. The second-order valence-electron chi connectivity index (χ2n) is 8.36. The summed E-state index contributed by atoms with van der Waals surface area (Å²) in [6.07, 6.45) is 0. The summed E-state index contributed by atoms with van der Waals surface area (Å²) in [5, 5.41) is 9.26. The second-order valence-corrected chi connectivity index (χ2v) is 8.36. The van der Waals surface area contributed by atoms with Crippen LogP contribution in [0.4, 0.5) is 0 Å². The van der Waals surface area contributed by atoms with Gasteiger partial charge < -0.3 is 0 Å². The van der Waals surface area contributed by atoms with Gasteiger partial charge in [-0.25, -0.2) is 9.13 Å². The van der Waals surface area contributed by atoms with Crippen molar-refractivity contribution in [3.05, 3.63) is 102 Å². The maximum atomic E-state index is 9.26. The van der Waals surface area contributed by atoms with Crippen molar-refractivity contribution in [2.75, 3.05) is 0 Å². The van der Waals surface area contributed by atoms with Gasteiger partial charge in [-0.3, -0.25) is 0 Å². The number of rotatable bonds is 1. The van der Waals surface area contributed by atoms with E-state index in [1.54, 1.807) is 0 Å². The number of imidazole rings is 1. The third-order valence-electron chi connectivity index (χ3n) is 6.75. The standard InChI is InChI=1S/C28H18N3/c29-15-18-9-11-19(12-10-18)28-30-16-20-5-1-3-7-22(20)24-13-14-25-23-8-4-2-6-21(23)17-31(28)27(25)26(24)30/h1-14H,16-17H2/q+1. The molecule has 3 heteroatoms. The molecule has 1 aromatic heterocycles. The first kappa shape index (κ1) is 16.6. The summed E-state index contributed by atoms with van der Waals surface area (Å²) in [7, 11) is 0. The number of aromatic nitrogens is 2. The molecule has 0 N–H and O–H groups in total. The monoisotopic (exact) mass is 396 g/mol. The molecule has 3 nitrogen and oxygen atoms in total. The Morgan fingerprint density at radius 1 is 0.710 bits per heavy atom. The Bertz CT molecular complexity index is 1490. The zero-order valence-corrected chi connectivity index (χ0v) is 16.8. The molecule has 2 aliphatic heterocycles. The molecule has 31 heavy (non-hydrogen) atoms. The Labute approximate surface area is 180 Å². The van der Waals surface area contributed by atoms with E-state index in [9.17, 15) is 5.26 Å². The summed E-state index contributed by atoms with van der Waals surface area (Å²) < 4.78 is 4.95. The smallest absolute Gasteiger partial charge is 0.218 e. The van der Waals surface area contributed by atoms with Gasteiger partial charge in [0.25, 0.3) is 5.82 Å². The van der Waals surface area contributed by atoms with Crippen molar-refractivity contribution < 1.29 is 4.57 Å². The predicted molar refractivity (Wildman–Crippen MR) is 121 cm³/mol. The maximum absolute atomic E-state index is 9.26. The first-order valence-electron chi connectivity index (χ1n) is 10.6. The summed E-state index contributed by atoms with van der Waals surface area (Å²) in [5.41, 5.74) is 12.4. The number of nitrogens with zero attached hydrogens (tertiary/aromatic N) is 3. The van der Waals surface area contributed by atoms with Gasteiger partial charge in [0.1, 0.15) is 13.1 Å². The van der Waals surface area contributed by atoms with Crippen molar-refractivity contribution in [3.8, 4) is 39.7 Å². The van der Waals surface area contributed by atoms with E-state index in [4.69, 9.17) is 0 Å². The summed E-state index contributed by atoms with van der Waals surface area (Å²) in [6.45, 7) is 1.70. The van der Waals surface area contributed by atoms with Crippen molar-refractivity contribution in [1.82, 2.24) is 4.57 Å². The van der Waals surface area contributed by atoms with Crippen LogP contribution in [0.2, 0.25) is 0 Å². The van der Waals surface area contributed by atoms with Crippen molar-refractivity contribution in [3.63, 3.8) is 0 Å². The van der Waals surface area contributed by atoms with Crippen molar-refractivity contribution in [2.45, 2.75) is 13.1 Å². The van der Waals surface area contributed by atoms with Crippen LogP contribution >= 0.6 is 0 Å². The van der Waals surface area contributed by atoms with E-state index in [0.717, 1.165) is 18.7 Å². The largest absolute Gasteiger partial charge is 0.290 e. The topological polar surface area (TPSA) is 32.6 Å². The van der Waals surface area contributed by atoms with Crippen molar-refractivity contribution >= 4 is 11.0 Å².